The summed E-state index contributed by atoms with van der Waals surface area (Å²) in [4.78, 5) is 0. The van der Waals surface area contributed by atoms with E-state index in [-0.39, 0.29) is 0 Å². The second-order valence-corrected chi connectivity index (χ2v) is 4.56. The van der Waals surface area contributed by atoms with E-state index < -0.39 is 0 Å². The Morgan fingerprint density at radius 3 is 2.60 bits per heavy atom. The zero-order chi connectivity index (χ0) is 10.7. The Hall–Kier alpha value is -1.02. The summed E-state index contributed by atoms with van der Waals surface area (Å²) in [5, 5.41) is 0. The summed E-state index contributed by atoms with van der Waals surface area (Å²) < 4.78 is 0. The number of nitrogen functional groups attached to an aromatic ring is 1. The molecular formula is C13H20N2. The number of hydrogen-bond acceptors (Lipinski definition) is 2. The molecule has 0 heterocycles. The number of nitrogens with two attached hydrogens (primary N) is 2. The first-order valence-electron chi connectivity index (χ1n) is 5.87. The van der Waals surface area contributed by atoms with E-state index in [1.807, 2.05) is 12.1 Å². The highest BCUT2D eigenvalue weighted by molar-refractivity contribution is 5.42. The molecule has 1 unspecified atom stereocenters. The monoisotopic (exact) mass is 204 g/mol. The minimum atomic E-state index is 0.510. The summed E-state index contributed by atoms with van der Waals surface area (Å²) >= 11 is 0. The van der Waals surface area contributed by atoms with E-state index in [1.165, 1.54) is 31.2 Å². The van der Waals surface area contributed by atoms with Gasteiger partial charge in [-0.1, -0.05) is 25.0 Å². The van der Waals surface area contributed by atoms with Crippen LogP contribution >= 0.6 is 0 Å². The van der Waals surface area contributed by atoms with Crippen molar-refractivity contribution >= 4 is 5.69 Å². The van der Waals surface area contributed by atoms with Gasteiger partial charge in [-0.3, -0.25) is 0 Å². The Kier molecular flexibility index (Phi) is 3.27. The molecule has 0 radical (unpaired) electrons. The van der Waals surface area contributed by atoms with Crippen molar-refractivity contribution in [2.75, 3.05) is 12.3 Å². The lowest BCUT2D eigenvalue weighted by Crippen LogP contribution is -2.19. The van der Waals surface area contributed by atoms with Crippen LogP contribution in [0.4, 0.5) is 5.69 Å². The zero-order valence-corrected chi connectivity index (χ0v) is 9.15. The molecule has 15 heavy (non-hydrogen) atoms. The molecule has 1 aliphatic rings. The van der Waals surface area contributed by atoms with Gasteiger partial charge < -0.3 is 11.5 Å². The van der Waals surface area contributed by atoms with Gasteiger partial charge in [0.05, 0.1) is 0 Å². The van der Waals surface area contributed by atoms with Crippen molar-refractivity contribution in [3.63, 3.8) is 0 Å². The Morgan fingerprint density at radius 1 is 1.27 bits per heavy atom. The highest BCUT2D eigenvalue weighted by Crippen LogP contribution is 2.36. The molecule has 0 saturated heterocycles. The lowest BCUT2D eigenvalue weighted by Gasteiger charge is -2.22. The summed E-state index contributed by atoms with van der Waals surface area (Å²) in [6.45, 7) is 0.744. The fraction of sp³-hybridized carbons (Fsp3) is 0.538. The van der Waals surface area contributed by atoms with Crippen LogP contribution < -0.4 is 11.5 Å². The molecule has 0 bridgehead atoms. The van der Waals surface area contributed by atoms with E-state index in [0.29, 0.717) is 5.92 Å². The van der Waals surface area contributed by atoms with E-state index in [2.05, 4.69) is 12.1 Å². The van der Waals surface area contributed by atoms with Crippen LogP contribution in [0.25, 0.3) is 0 Å². The number of rotatable bonds is 3. The number of benzene rings is 1. The smallest absolute Gasteiger partial charge is 0.0316 e. The van der Waals surface area contributed by atoms with Gasteiger partial charge in [0.25, 0.3) is 0 Å². The molecule has 0 spiro atoms. The molecule has 1 aliphatic carbocycles. The second kappa shape index (κ2) is 4.67. The molecular weight excluding hydrogens is 184 g/mol. The van der Waals surface area contributed by atoms with Crippen molar-refractivity contribution in [1.82, 2.24) is 0 Å². The average Bonchev–Trinajstić information content (AvgIpc) is 2.72. The quantitative estimate of drug-likeness (QED) is 0.743. The van der Waals surface area contributed by atoms with Crippen LogP contribution in [-0.2, 0) is 0 Å². The first kappa shape index (κ1) is 10.5. The van der Waals surface area contributed by atoms with Crippen molar-refractivity contribution in [2.45, 2.75) is 31.6 Å². The van der Waals surface area contributed by atoms with E-state index in [0.717, 1.165) is 18.2 Å². The number of anilines is 1. The van der Waals surface area contributed by atoms with Gasteiger partial charge >= 0.3 is 0 Å². The third-order valence-corrected chi connectivity index (χ3v) is 3.56. The van der Waals surface area contributed by atoms with Crippen LogP contribution in [0, 0.1) is 5.92 Å². The minimum absolute atomic E-state index is 0.510. The van der Waals surface area contributed by atoms with Crippen molar-refractivity contribution in [3.8, 4) is 0 Å². The zero-order valence-electron chi connectivity index (χ0n) is 9.15. The van der Waals surface area contributed by atoms with E-state index in [1.54, 1.807) is 0 Å². The van der Waals surface area contributed by atoms with Crippen LogP contribution in [0.3, 0.4) is 0 Å². The highest BCUT2D eigenvalue weighted by Gasteiger charge is 2.25. The Labute approximate surface area is 91.7 Å². The highest BCUT2D eigenvalue weighted by atomic mass is 14.6. The first-order valence-corrected chi connectivity index (χ1v) is 5.87. The predicted molar refractivity (Wildman–Crippen MR) is 64.6 cm³/mol. The molecule has 1 fully saturated rings. The Morgan fingerprint density at radius 2 is 2.00 bits per heavy atom. The van der Waals surface area contributed by atoms with E-state index in [4.69, 9.17) is 11.5 Å². The largest absolute Gasteiger partial charge is 0.399 e. The fourth-order valence-corrected chi connectivity index (χ4v) is 2.75. The standard InChI is InChI=1S/C13H20N2/c14-9-13(10-4-1-2-5-10)11-6-3-7-12(15)8-11/h3,6-8,10,13H,1-2,4-5,9,14-15H2. The van der Waals surface area contributed by atoms with E-state index >= 15 is 0 Å². The third-order valence-electron chi connectivity index (χ3n) is 3.56. The van der Waals surface area contributed by atoms with Crippen molar-refractivity contribution < 1.29 is 0 Å². The third kappa shape index (κ3) is 2.32. The Bertz CT molecular complexity index is 316. The average molecular weight is 204 g/mol. The van der Waals surface area contributed by atoms with Crippen LogP contribution in [0.15, 0.2) is 24.3 Å². The Balaban J connectivity index is 2.18. The molecule has 1 aromatic rings. The lowest BCUT2D eigenvalue weighted by molar-refractivity contribution is 0.440. The summed E-state index contributed by atoms with van der Waals surface area (Å²) in [6.07, 6.45) is 5.39. The normalized spacial score (nSPS) is 19.3. The molecule has 0 aliphatic heterocycles. The van der Waals surface area contributed by atoms with Crippen molar-refractivity contribution in [1.29, 1.82) is 0 Å². The molecule has 1 aromatic carbocycles. The molecule has 2 rings (SSSR count). The van der Waals surface area contributed by atoms with Gasteiger partial charge in [-0.25, -0.2) is 0 Å². The van der Waals surface area contributed by atoms with Crippen LogP contribution in [0.1, 0.15) is 37.2 Å². The van der Waals surface area contributed by atoms with Gasteiger partial charge in [0.15, 0.2) is 0 Å². The maximum Gasteiger partial charge on any atom is 0.0316 e. The van der Waals surface area contributed by atoms with Gasteiger partial charge in [-0.05, 0) is 48.9 Å². The molecule has 2 heteroatoms. The summed E-state index contributed by atoms with van der Waals surface area (Å²) in [6, 6.07) is 8.20. The first-order chi connectivity index (χ1) is 7.31. The van der Waals surface area contributed by atoms with Crippen LogP contribution in [0.5, 0.6) is 0 Å². The molecule has 4 N–H and O–H groups in total. The second-order valence-electron chi connectivity index (χ2n) is 4.56. The topological polar surface area (TPSA) is 52.0 Å². The van der Waals surface area contributed by atoms with Gasteiger partial charge in [0, 0.05) is 5.69 Å². The van der Waals surface area contributed by atoms with Gasteiger partial charge in [-0.2, -0.15) is 0 Å². The maximum absolute atomic E-state index is 5.89. The van der Waals surface area contributed by atoms with E-state index in [9.17, 15) is 0 Å². The summed E-state index contributed by atoms with van der Waals surface area (Å²) in [7, 11) is 0. The maximum atomic E-state index is 5.89. The SMILES string of the molecule is NCC(c1cccc(N)c1)C1CCCC1. The van der Waals surface area contributed by atoms with Crippen LogP contribution in [0.2, 0.25) is 0 Å². The van der Waals surface area contributed by atoms with Gasteiger partial charge in [0.2, 0.25) is 0 Å². The van der Waals surface area contributed by atoms with Crippen molar-refractivity contribution in [3.05, 3.63) is 29.8 Å². The summed E-state index contributed by atoms with van der Waals surface area (Å²) in [5.74, 6) is 1.28. The molecule has 1 atom stereocenters. The molecule has 0 aromatic heterocycles. The molecule has 82 valence electrons. The lowest BCUT2D eigenvalue weighted by atomic mass is 9.85. The number of hydrogen-bond donors (Lipinski definition) is 2. The minimum Gasteiger partial charge on any atom is -0.399 e. The van der Waals surface area contributed by atoms with Gasteiger partial charge in [0.1, 0.15) is 0 Å². The van der Waals surface area contributed by atoms with Crippen molar-refractivity contribution in [2.24, 2.45) is 11.7 Å². The molecule has 1 saturated carbocycles. The summed E-state index contributed by atoms with van der Waals surface area (Å²) in [5.41, 5.74) is 13.9. The molecule has 0 amide bonds. The fourth-order valence-electron chi connectivity index (χ4n) is 2.75. The molecule has 2 nitrogen and oxygen atoms in total. The predicted octanol–water partition coefficient (Wildman–Crippen LogP) is 2.50. The van der Waals surface area contributed by atoms with Gasteiger partial charge in [-0.15, -0.1) is 0 Å². The van der Waals surface area contributed by atoms with Crippen LogP contribution in [-0.4, -0.2) is 6.54 Å².